The van der Waals surface area contributed by atoms with Crippen molar-refractivity contribution in [2.45, 2.75) is 204 Å². The molecule has 7 saturated heterocycles. The Kier molecular flexibility index (Phi) is 19.7. The van der Waals surface area contributed by atoms with Gasteiger partial charge in [0.1, 0.15) is 146 Å². The monoisotopic (exact) mass is 1050 g/mol. The first-order chi connectivity index (χ1) is 33.6. The molecular weight excluding hydrogens is 980 g/mol. The summed E-state index contributed by atoms with van der Waals surface area (Å²) in [4.78, 5) is 0. The van der Waals surface area contributed by atoms with Gasteiger partial charge in [-0.3, -0.25) is 0 Å². The van der Waals surface area contributed by atoms with Crippen LogP contribution in [0, 0.1) is 0 Å². The van der Waals surface area contributed by atoms with Crippen molar-refractivity contribution in [3.63, 3.8) is 0 Å². The number of ether oxygens (including phenoxy) is 13. The lowest BCUT2D eigenvalue weighted by Gasteiger charge is -2.48. The molecular formula is C39H66O32. The van der Waals surface area contributed by atoms with Gasteiger partial charge in [-0.1, -0.05) is 0 Å². The van der Waals surface area contributed by atoms with Gasteiger partial charge >= 0.3 is 0 Å². The van der Waals surface area contributed by atoms with Crippen LogP contribution >= 0.6 is 0 Å². The smallest absolute Gasteiger partial charge is 0.187 e. The molecule has 0 aliphatic carbocycles. The average Bonchev–Trinajstić information content (AvgIpc) is 3.90. The zero-order valence-corrected chi connectivity index (χ0v) is 37.5. The van der Waals surface area contributed by atoms with Gasteiger partial charge < -0.3 is 159 Å². The highest BCUT2D eigenvalue weighted by molar-refractivity contribution is 4.98. The van der Waals surface area contributed by atoms with Gasteiger partial charge in [0.15, 0.2) is 44.0 Å². The molecule has 0 aromatic rings. The predicted octanol–water partition coefficient (Wildman–Crippen LogP) is -13.3. The molecule has 7 rings (SSSR count). The van der Waals surface area contributed by atoms with E-state index in [1.54, 1.807) is 0 Å². The van der Waals surface area contributed by atoms with Crippen molar-refractivity contribution < 1.29 is 159 Å². The zero-order chi connectivity index (χ0) is 51.9. The van der Waals surface area contributed by atoms with E-state index >= 15 is 0 Å². The topological polar surface area (TPSA) is 504 Å². The Hall–Kier alpha value is -1.28. The van der Waals surface area contributed by atoms with Gasteiger partial charge in [0.2, 0.25) is 0 Å². The Morgan fingerprint density at radius 3 is 1.10 bits per heavy atom. The summed E-state index contributed by atoms with van der Waals surface area (Å²) in [6.07, 6.45) is -54.3. The van der Waals surface area contributed by atoms with Gasteiger partial charge in [-0.05, 0) is 6.92 Å². The first-order valence-corrected chi connectivity index (χ1v) is 22.7. The van der Waals surface area contributed by atoms with E-state index in [0.717, 1.165) is 0 Å². The third kappa shape index (κ3) is 12.0. The van der Waals surface area contributed by atoms with E-state index in [9.17, 15) is 97.0 Å². The van der Waals surface area contributed by atoms with Crippen molar-refractivity contribution in [3.8, 4) is 0 Å². The van der Waals surface area contributed by atoms with Crippen LogP contribution in [0.1, 0.15) is 6.92 Å². The van der Waals surface area contributed by atoms with Crippen LogP contribution in [0.5, 0.6) is 0 Å². The lowest BCUT2D eigenvalue weighted by molar-refractivity contribution is -0.380. The van der Waals surface area contributed by atoms with Crippen LogP contribution in [-0.4, -0.2) is 333 Å². The summed E-state index contributed by atoms with van der Waals surface area (Å²) in [5, 5.41) is 198. The first-order valence-electron chi connectivity index (χ1n) is 22.7. The number of hydrogen-bond acceptors (Lipinski definition) is 32. The van der Waals surface area contributed by atoms with E-state index < -0.39 is 236 Å². The molecule has 414 valence electrons. The van der Waals surface area contributed by atoms with Crippen molar-refractivity contribution in [2.24, 2.45) is 0 Å². The zero-order valence-electron chi connectivity index (χ0n) is 37.5. The van der Waals surface area contributed by atoms with Gasteiger partial charge in [-0.25, -0.2) is 0 Å². The van der Waals surface area contributed by atoms with E-state index in [0.29, 0.717) is 0 Å². The van der Waals surface area contributed by atoms with Crippen LogP contribution in [0.25, 0.3) is 0 Å². The first kappa shape index (κ1) is 57.4. The molecule has 0 bridgehead atoms. The Labute approximate surface area is 401 Å². The third-order valence-electron chi connectivity index (χ3n) is 13.4. The highest BCUT2D eigenvalue weighted by Crippen LogP contribution is 2.35. The summed E-state index contributed by atoms with van der Waals surface area (Å²) >= 11 is 0. The molecule has 32 heteroatoms. The van der Waals surface area contributed by atoms with Crippen LogP contribution < -0.4 is 0 Å². The molecule has 0 aromatic heterocycles. The fourth-order valence-electron chi connectivity index (χ4n) is 9.03. The summed E-state index contributed by atoms with van der Waals surface area (Å²) in [5.41, 5.74) is 0. The Bertz CT molecular complexity index is 1640. The summed E-state index contributed by atoms with van der Waals surface area (Å²) in [6, 6.07) is 0. The molecule has 0 spiro atoms. The van der Waals surface area contributed by atoms with Crippen LogP contribution in [-0.2, 0) is 61.6 Å². The van der Waals surface area contributed by atoms with Crippen molar-refractivity contribution in [3.05, 3.63) is 0 Å². The highest BCUT2D eigenvalue weighted by atomic mass is 16.8. The normalized spacial score (nSPS) is 53.9. The van der Waals surface area contributed by atoms with E-state index in [-0.39, 0.29) is 0 Å². The van der Waals surface area contributed by atoms with Crippen molar-refractivity contribution in [1.82, 2.24) is 0 Å². The molecule has 32 atom stereocenters. The lowest BCUT2D eigenvalue weighted by Crippen LogP contribution is -2.66. The van der Waals surface area contributed by atoms with Gasteiger partial charge in [0, 0.05) is 0 Å². The molecule has 7 fully saturated rings. The molecule has 7 heterocycles. The minimum Gasteiger partial charge on any atom is -0.394 e. The fourth-order valence-corrected chi connectivity index (χ4v) is 9.03. The van der Waals surface area contributed by atoms with Gasteiger partial charge in [0.05, 0.1) is 45.7 Å². The summed E-state index contributed by atoms with van der Waals surface area (Å²) < 4.78 is 72.3. The maximum absolute atomic E-state index is 11.2. The van der Waals surface area contributed by atoms with Crippen molar-refractivity contribution >= 4 is 0 Å². The molecule has 0 aromatic carbocycles. The Balaban J connectivity index is 0.931. The second-order valence-corrected chi connectivity index (χ2v) is 18.2. The quantitative estimate of drug-likeness (QED) is 0.0606. The molecule has 19 N–H and O–H groups in total. The van der Waals surface area contributed by atoms with Crippen LogP contribution in [0.2, 0.25) is 0 Å². The maximum Gasteiger partial charge on any atom is 0.187 e. The number of aliphatic hydroxyl groups excluding tert-OH is 19. The minimum absolute atomic E-state index is 0.549. The second kappa shape index (κ2) is 24.4. The van der Waals surface area contributed by atoms with E-state index in [2.05, 4.69) is 0 Å². The standard InChI is InChI=1S/C39H66O32/c1-8-15(43)19(47)25(53)37(62-8)71-32-14(68-36(29(32)57)60-5-12-17(45)23(51)33(58)63-12)7-61-34-24(52)18(46)13(67-34)6-59-35-27(55)21(49)30(10(3-41)65-35)70-39-28(56)22(50)31(11(4-42)66-39)69-38-26(54)20(48)16(44)9(2-40)64-38/h8-58H,2-7H2,1H3/t8-,9-,10-,11-,12+,13+,14+,15+,16+,17+,18+,19+,20+,21-,22+,23-,24-,25-,26-,27-,28-,29-,30-,31-,32+,33-,34-,35+,36-,37+,38+,39-/m1/s1. The summed E-state index contributed by atoms with van der Waals surface area (Å²) in [7, 11) is 0. The molecule has 0 amide bonds. The Morgan fingerprint density at radius 1 is 0.282 bits per heavy atom. The van der Waals surface area contributed by atoms with Gasteiger partial charge in [-0.15, -0.1) is 0 Å². The average molecular weight is 1050 g/mol. The van der Waals surface area contributed by atoms with Gasteiger partial charge in [0.25, 0.3) is 0 Å². The van der Waals surface area contributed by atoms with E-state index in [4.69, 9.17) is 61.6 Å². The number of hydrogen-bond donors (Lipinski definition) is 19. The van der Waals surface area contributed by atoms with Gasteiger partial charge in [-0.2, -0.15) is 0 Å². The molecule has 7 aliphatic rings. The van der Waals surface area contributed by atoms with Crippen LogP contribution in [0.4, 0.5) is 0 Å². The molecule has 71 heavy (non-hydrogen) atoms. The second-order valence-electron chi connectivity index (χ2n) is 18.2. The highest BCUT2D eigenvalue weighted by Gasteiger charge is 2.56. The predicted molar refractivity (Wildman–Crippen MR) is 212 cm³/mol. The van der Waals surface area contributed by atoms with E-state index in [1.165, 1.54) is 6.92 Å². The fraction of sp³-hybridized carbons (Fsp3) is 1.00. The van der Waals surface area contributed by atoms with Crippen molar-refractivity contribution in [1.29, 1.82) is 0 Å². The Morgan fingerprint density at radius 2 is 0.606 bits per heavy atom. The SMILES string of the molecule is C[C@H]1O[C@@H](O[C@@H]2[C@@H](O)[C@H](OC[C@@H]3O[C@@H](O)[C@H](O)[C@H]3O)O[C@H]2CO[C@@H]2O[C@@H](CO[C@H]3O[C@H](CO)[C@@H](O[C@H]4O[C@H](CO)[C@@H](O[C@@H]5O[C@H](CO)[C@H](O)[C@H](O)[C@H]5O)[C@@H](O)[C@H]4O)[C@H](O)[C@H]3O)[C@H](O)[C@H]2O)[C@H](O)[C@@H](O)[C@H]1O. The van der Waals surface area contributed by atoms with Crippen LogP contribution in [0.3, 0.4) is 0 Å². The maximum atomic E-state index is 11.2. The number of aliphatic hydroxyl groups is 19. The lowest BCUT2D eigenvalue weighted by atomic mass is 9.96. The summed E-state index contributed by atoms with van der Waals surface area (Å²) in [6.45, 7) is -3.19. The molecule has 7 aliphatic heterocycles. The third-order valence-corrected chi connectivity index (χ3v) is 13.4. The largest absolute Gasteiger partial charge is 0.394 e. The van der Waals surface area contributed by atoms with E-state index in [1.807, 2.05) is 0 Å². The molecule has 0 unspecified atom stereocenters. The molecule has 0 radical (unpaired) electrons. The summed E-state index contributed by atoms with van der Waals surface area (Å²) in [5.74, 6) is 0. The minimum atomic E-state index is -2.07. The van der Waals surface area contributed by atoms with Crippen LogP contribution in [0.15, 0.2) is 0 Å². The number of rotatable bonds is 18. The van der Waals surface area contributed by atoms with Crippen molar-refractivity contribution in [2.75, 3.05) is 39.6 Å². The molecule has 0 saturated carbocycles. The molecule has 32 nitrogen and oxygen atoms in total.